The first-order chi connectivity index (χ1) is 10.0. The molecule has 5 heteroatoms. The van der Waals surface area contributed by atoms with E-state index in [0.717, 1.165) is 12.0 Å². The number of rotatable bonds is 6. The quantitative estimate of drug-likeness (QED) is 0.887. The summed E-state index contributed by atoms with van der Waals surface area (Å²) in [4.78, 5) is 11.7. The number of aryl methyl sites for hydroxylation is 1. The zero-order valence-electron chi connectivity index (χ0n) is 12.7. The van der Waals surface area contributed by atoms with Gasteiger partial charge in [0.1, 0.15) is 6.42 Å². The molecule has 0 fully saturated rings. The van der Waals surface area contributed by atoms with Gasteiger partial charge in [0.2, 0.25) is 17.7 Å². The summed E-state index contributed by atoms with van der Waals surface area (Å²) in [5, 5.41) is 10.8. The van der Waals surface area contributed by atoms with Gasteiger partial charge in [0.25, 0.3) is 0 Å². The van der Waals surface area contributed by atoms with E-state index in [4.69, 9.17) is 4.42 Å². The van der Waals surface area contributed by atoms with Gasteiger partial charge in [-0.05, 0) is 31.4 Å². The van der Waals surface area contributed by atoms with Gasteiger partial charge in [-0.15, -0.1) is 10.2 Å². The molecule has 0 aliphatic rings. The number of benzene rings is 1. The van der Waals surface area contributed by atoms with E-state index < -0.39 is 0 Å². The summed E-state index contributed by atoms with van der Waals surface area (Å²) < 4.78 is 5.52. The van der Waals surface area contributed by atoms with E-state index in [1.807, 2.05) is 31.2 Å². The summed E-state index contributed by atoms with van der Waals surface area (Å²) in [6.07, 6.45) is 1.08. The average molecular weight is 287 g/mol. The lowest BCUT2D eigenvalue weighted by molar-refractivity contribution is -0.120. The number of aromatic nitrogens is 2. The molecule has 2 rings (SSSR count). The van der Waals surface area contributed by atoms with E-state index in [1.165, 1.54) is 5.56 Å². The number of hydrogen-bond acceptors (Lipinski definition) is 4. The van der Waals surface area contributed by atoms with Crippen LogP contribution >= 0.6 is 0 Å². The monoisotopic (exact) mass is 287 g/mol. The lowest BCUT2D eigenvalue weighted by atomic mass is 10.1. The summed E-state index contributed by atoms with van der Waals surface area (Å²) in [6.45, 7) is 6.94. The molecule has 0 bridgehead atoms. The van der Waals surface area contributed by atoms with Crippen molar-refractivity contribution in [3.05, 3.63) is 35.7 Å². The van der Waals surface area contributed by atoms with E-state index in [-0.39, 0.29) is 12.3 Å². The largest absolute Gasteiger partial charge is 0.420 e. The second kappa shape index (κ2) is 7.02. The highest BCUT2D eigenvalue weighted by molar-refractivity contribution is 5.77. The molecule has 0 radical (unpaired) electrons. The van der Waals surface area contributed by atoms with Crippen molar-refractivity contribution in [1.82, 2.24) is 15.5 Å². The molecule has 0 unspecified atom stereocenters. The van der Waals surface area contributed by atoms with Gasteiger partial charge in [0.05, 0.1) is 0 Å². The zero-order valence-corrected chi connectivity index (χ0v) is 12.7. The molecule has 1 amide bonds. The number of nitrogens with zero attached hydrogens (tertiary/aromatic N) is 2. The van der Waals surface area contributed by atoms with E-state index in [0.29, 0.717) is 24.2 Å². The molecular formula is C16H21N3O2. The van der Waals surface area contributed by atoms with Crippen LogP contribution < -0.4 is 5.32 Å². The number of carbonyl (C=O) groups is 1. The van der Waals surface area contributed by atoms with E-state index in [1.54, 1.807) is 0 Å². The smallest absolute Gasteiger partial charge is 0.247 e. The summed E-state index contributed by atoms with van der Waals surface area (Å²) in [5.41, 5.74) is 2.03. The highest BCUT2D eigenvalue weighted by Gasteiger charge is 2.12. The highest BCUT2D eigenvalue weighted by Crippen LogP contribution is 2.18. The van der Waals surface area contributed by atoms with Crippen LogP contribution in [0.5, 0.6) is 0 Å². The SMILES string of the molecule is Cc1ccc(-c2nnc(CC(=O)NCCC(C)C)o2)cc1. The van der Waals surface area contributed by atoms with E-state index >= 15 is 0 Å². The maximum Gasteiger partial charge on any atom is 0.247 e. The molecule has 0 saturated carbocycles. The van der Waals surface area contributed by atoms with Crippen molar-refractivity contribution in [2.24, 2.45) is 5.92 Å². The summed E-state index contributed by atoms with van der Waals surface area (Å²) in [6, 6.07) is 7.82. The van der Waals surface area contributed by atoms with Crippen LogP contribution in [0.4, 0.5) is 0 Å². The van der Waals surface area contributed by atoms with Crippen molar-refractivity contribution >= 4 is 5.91 Å². The van der Waals surface area contributed by atoms with Gasteiger partial charge < -0.3 is 9.73 Å². The first-order valence-corrected chi connectivity index (χ1v) is 7.20. The second-order valence-electron chi connectivity index (χ2n) is 5.58. The predicted molar refractivity (Wildman–Crippen MR) is 80.6 cm³/mol. The Morgan fingerprint density at radius 1 is 1.24 bits per heavy atom. The van der Waals surface area contributed by atoms with Crippen LogP contribution in [0.25, 0.3) is 11.5 Å². The maximum absolute atomic E-state index is 11.7. The first kappa shape index (κ1) is 15.2. The highest BCUT2D eigenvalue weighted by atomic mass is 16.4. The van der Waals surface area contributed by atoms with Crippen molar-refractivity contribution in [2.75, 3.05) is 6.54 Å². The summed E-state index contributed by atoms with van der Waals surface area (Å²) in [7, 11) is 0. The molecule has 1 aromatic carbocycles. The van der Waals surface area contributed by atoms with Gasteiger partial charge in [-0.2, -0.15) is 0 Å². The molecule has 0 aliphatic carbocycles. The molecule has 1 aromatic heterocycles. The van der Waals surface area contributed by atoms with Gasteiger partial charge >= 0.3 is 0 Å². The van der Waals surface area contributed by atoms with Crippen molar-refractivity contribution < 1.29 is 9.21 Å². The molecule has 112 valence electrons. The van der Waals surface area contributed by atoms with Crippen LogP contribution in [0.1, 0.15) is 31.7 Å². The van der Waals surface area contributed by atoms with Gasteiger partial charge in [-0.3, -0.25) is 4.79 Å². The molecule has 2 aromatic rings. The van der Waals surface area contributed by atoms with Gasteiger partial charge in [0.15, 0.2) is 0 Å². The Hall–Kier alpha value is -2.17. The van der Waals surface area contributed by atoms with Crippen molar-refractivity contribution in [3.63, 3.8) is 0 Å². The minimum Gasteiger partial charge on any atom is -0.420 e. The van der Waals surface area contributed by atoms with Crippen LogP contribution in [-0.4, -0.2) is 22.6 Å². The summed E-state index contributed by atoms with van der Waals surface area (Å²) >= 11 is 0. The molecule has 0 saturated heterocycles. The lowest BCUT2D eigenvalue weighted by Crippen LogP contribution is -2.26. The molecule has 5 nitrogen and oxygen atoms in total. The Kier molecular flexibility index (Phi) is 5.09. The van der Waals surface area contributed by atoms with Crippen molar-refractivity contribution in [3.8, 4) is 11.5 Å². The molecule has 0 aliphatic heterocycles. The number of nitrogens with one attached hydrogen (secondary N) is 1. The topological polar surface area (TPSA) is 68.0 Å². The molecular weight excluding hydrogens is 266 g/mol. The molecule has 21 heavy (non-hydrogen) atoms. The number of carbonyl (C=O) groups excluding carboxylic acids is 1. The van der Waals surface area contributed by atoms with E-state index in [9.17, 15) is 4.79 Å². The fraction of sp³-hybridized carbons (Fsp3) is 0.438. The summed E-state index contributed by atoms with van der Waals surface area (Å²) in [5.74, 6) is 1.27. The Morgan fingerprint density at radius 2 is 1.95 bits per heavy atom. The van der Waals surface area contributed by atoms with Crippen LogP contribution in [0.15, 0.2) is 28.7 Å². The minimum atomic E-state index is -0.0882. The normalized spacial score (nSPS) is 10.9. The van der Waals surface area contributed by atoms with Gasteiger partial charge in [-0.25, -0.2) is 0 Å². The molecule has 0 atom stereocenters. The lowest BCUT2D eigenvalue weighted by Gasteiger charge is -2.05. The van der Waals surface area contributed by atoms with Crippen LogP contribution in [0.3, 0.4) is 0 Å². The predicted octanol–water partition coefficient (Wildman–Crippen LogP) is 2.75. The Labute approximate surface area is 124 Å². The fourth-order valence-electron chi connectivity index (χ4n) is 1.84. The Bertz CT molecular complexity index is 588. The van der Waals surface area contributed by atoms with E-state index in [2.05, 4.69) is 29.4 Å². The molecule has 1 heterocycles. The zero-order chi connectivity index (χ0) is 15.2. The fourth-order valence-corrected chi connectivity index (χ4v) is 1.84. The maximum atomic E-state index is 11.7. The molecule has 1 N–H and O–H groups in total. The van der Waals surface area contributed by atoms with Crippen LogP contribution in [0, 0.1) is 12.8 Å². The Morgan fingerprint density at radius 3 is 2.62 bits per heavy atom. The van der Waals surface area contributed by atoms with Crippen molar-refractivity contribution in [2.45, 2.75) is 33.6 Å². The molecule has 0 spiro atoms. The van der Waals surface area contributed by atoms with Crippen LogP contribution in [0.2, 0.25) is 0 Å². The third kappa shape index (κ3) is 4.70. The first-order valence-electron chi connectivity index (χ1n) is 7.20. The standard InChI is InChI=1S/C16H21N3O2/c1-11(2)8-9-17-14(20)10-15-18-19-16(21-15)13-6-4-12(3)5-7-13/h4-7,11H,8-10H2,1-3H3,(H,17,20). The van der Waals surface area contributed by atoms with Crippen molar-refractivity contribution in [1.29, 1.82) is 0 Å². The second-order valence-corrected chi connectivity index (χ2v) is 5.58. The Balaban J connectivity index is 1.91. The average Bonchev–Trinajstić information content (AvgIpc) is 2.87. The van der Waals surface area contributed by atoms with Crippen LogP contribution in [-0.2, 0) is 11.2 Å². The van der Waals surface area contributed by atoms with Gasteiger partial charge in [-0.1, -0.05) is 31.5 Å². The third-order valence-electron chi connectivity index (χ3n) is 3.12. The van der Waals surface area contributed by atoms with Gasteiger partial charge in [0, 0.05) is 12.1 Å². The number of hydrogen-bond donors (Lipinski definition) is 1. The third-order valence-corrected chi connectivity index (χ3v) is 3.12. The minimum absolute atomic E-state index is 0.0882. The number of amides is 1.